The van der Waals surface area contributed by atoms with Crippen LogP contribution in [0.1, 0.15) is 26.3 Å². The Bertz CT molecular complexity index is 2420. The predicted octanol–water partition coefficient (Wildman–Crippen LogP) is 10.9. The summed E-state index contributed by atoms with van der Waals surface area (Å²) in [5.74, 6) is 2.03. The number of nitrogens with zero attached hydrogens (tertiary/aromatic N) is 3. The van der Waals surface area contributed by atoms with Crippen molar-refractivity contribution in [1.82, 2.24) is 14.5 Å². The zero-order chi connectivity index (χ0) is 32.1. The number of phenolic OH excluding ortho intramolecular Hbond substituents is 1. The van der Waals surface area contributed by atoms with Crippen molar-refractivity contribution in [3.63, 3.8) is 0 Å². The molecule has 0 saturated carbocycles. The van der Waals surface area contributed by atoms with Gasteiger partial charge in [-0.25, -0.2) is 9.97 Å². The molecule has 0 saturated heterocycles. The Kier molecular flexibility index (Phi) is 6.76. The van der Waals surface area contributed by atoms with Crippen LogP contribution in [0.5, 0.6) is 17.4 Å². The molecule has 5 nitrogen and oxygen atoms in total. The fourth-order valence-electron chi connectivity index (χ4n) is 6.34. The summed E-state index contributed by atoms with van der Waals surface area (Å²) in [5.41, 5.74) is 7.19. The van der Waals surface area contributed by atoms with Crippen LogP contribution in [0.4, 0.5) is 0 Å². The van der Waals surface area contributed by atoms with Gasteiger partial charge in [-0.1, -0.05) is 106 Å². The van der Waals surface area contributed by atoms with Crippen LogP contribution in [0.15, 0.2) is 140 Å². The van der Waals surface area contributed by atoms with Crippen molar-refractivity contribution in [2.45, 2.75) is 26.2 Å². The molecular formula is C42H33N3O2. The van der Waals surface area contributed by atoms with Crippen molar-refractivity contribution >= 4 is 32.7 Å². The van der Waals surface area contributed by atoms with Crippen molar-refractivity contribution in [3.05, 3.63) is 145 Å². The predicted molar refractivity (Wildman–Crippen MR) is 192 cm³/mol. The Hall–Kier alpha value is -5.94. The fourth-order valence-corrected chi connectivity index (χ4v) is 6.34. The third kappa shape index (κ3) is 5.06. The van der Waals surface area contributed by atoms with Crippen LogP contribution >= 0.6 is 0 Å². The van der Waals surface area contributed by atoms with E-state index in [1.165, 1.54) is 5.56 Å². The van der Waals surface area contributed by atoms with Gasteiger partial charge in [0, 0.05) is 39.5 Å². The second-order valence-corrected chi connectivity index (χ2v) is 12.9. The van der Waals surface area contributed by atoms with E-state index >= 15 is 0 Å². The number of fused-ring (bicyclic) bond motifs is 4. The van der Waals surface area contributed by atoms with Gasteiger partial charge in [-0.2, -0.15) is 0 Å². The van der Waals surface area contributed by atoms with Gasteiger partial charge in [0.15, 0.2) is 0 Å². The van der Waals surface area contributed by atoms with Gasteiger partial charge in [-0.15, -0.1) is 0 Å². The molecule has 0 aliphatic carbocycles. The molecule has 8 rings (SSSR count). The number of ether oxygens (including phenoxy) is 1. The van der Waals surface area contributed by atoms with E-state index in [1.54, 1.807) is 0 Å². The van der Waals surface area contributed by atoms with E-state index in [0.29, 0.717) is 17.1 Å². The van der Waals surface area contributed by atoms with E-state index < -0.39 is 0 Å². The normalized spacial score (nSPS) is 11.8. The minimum atomic E-state index is -0.0216. The van der Waals surface area contributed by atoms with Crippen LogP contribution in [0, 0.1) is 0 Å². The maximum absolute atomic E-state index is 11.5. The van der Waals surface area contributed by atoms with Crippen LogP contribution in [0.2, 0.25) is 0 Å². The summed E-state index contributed by atoms with van der Waals surface area (Å²) < 4.78 is 8.89. The highest BCUT2D eigenvalue weighted by atomic mass is 16.5. The number of pyridine rings is 2. The SMILES string of the molecule is CC(C)(C)c1ccnc(-n2c3ccccc3c3ccc(Oc4nc5c(O)c(-c6ccccc6)ccc5cc4-c4ccccc4)cc32)c1. The molecule has 0 atom stereocenters. The van der Waals surface area contributed by atoms with Crippen LogP contribution in [0.3, 0.4) is 0 Å². The van der Waals surface area contributed by atoms with Crippen LogP contribution in [-0.2, 0) is 5.41 Å². The maximum atomic E-state index is 11.5. The Morgan fingerprint density at radius 1 is 0.638 bits per heavy atom. The van der Waals surface area contributed by atoms with Crippen molar-refractivity contribution in [3.8, 4) is 45.5 Å². The average molecular weight is 612 g/mol. The first-order chi connectivity index (χ1) is 22.8. The number of aromatic nitrogens is 3. The lowest BCUT2D eigenvalue weighted by atomic mass is 9.88. The van der Waals surface area contributed by atoms with Crippen molar-refractivity contribution in [2.24, 2.45) is 0 Å². The highest BCUT2D eigenvalue weighted by Gasteiger charge is 2.20. The Balaban J connectivity index is 1.31. The zero-order valence-electron chi connectivity index (χ0n) is 26.5. The molecule has 47 heavy (non-hydrogen) atoms. The molecule has 0 fully saturated rings. The summed E-state index contributed by atoms with van der Waals surface area (Å²) in [4.78, 5) is 9.81. The molecular weight excluding hydrogens is 578 g/mol. The van der Waals surface area contributed by atoms with E-state index in [9.17, 15) is 5.11 Å². The van der Waals surface area contributed by atoms with Gasteiger partial charge < -0.3 is 9.84 Å². The Morgan fingerprint density at radius 2 is 1.32 bits per heavy atom. The average Bonchev–Trinajstić information content (AvgIpc) is 3.42. The highest BCUT2D eigenvalue weighted by molar-refractivity contribution is 6.09. The first-order valence-corrected chi connectivity index (χ1v) is 15.8. The molecule has 3 aromatic heterocycles. The first-order valence-electron chi connectivity index (χ1n) is 15.8. The van der Waals surface area contributed by atoms with Crippen LogP contribution in [-0.4, -0.2) is 19.6 Å². The van der Waals surface area contributed by atoms with E-state index in [1.807, 2.05) is 91.1 Å². The van der Waals surface area contributed by atoms with Gasteiger partial charge >= 0.3 is 0 Å². The number of aromatic hydroxyl groups is 1. The molecule has 5 aromatic carbocycles. The smallest absolute Gasteiger partial charge is 0.227 e. The van der Waals surface area contributed by atoms with E-state index in [2.05, 4.69) is 73.9 Å². The van der Waals surface area contributed by atoms with Crippen LogP contribution in [0.25, 0.3) is 60.8 Å². The Morgan fingerprint density at radius 3 is 2.06 bits per heavy atom. The van der Waals surface area contributed by atoms with Gasteiger partial charge in [0.25, 0.3) is 0 Å². The number of phenols is 1. The topological polar surface area (TPSA) is 60.2 Å². The molecule has 0 unspecified atom stereocenters. The monoisotopic (exact) mass is 611 g/mol. The summed E-state index contributed by atoms with van der Waals surface area (Å²) in [7, 11) is 0. The molecule has 5 heteroatoms. The van der Waals surface area contributed by atoms with E-state index in [-0.39, 0.29) is 11.2 Å². The van der Waals surface area contributed by atoms with Gasteiger partial charge in [-0.05, 0) is 64.6 Å². The molecule has 0 aliphatic rings. The number of hydrogen-bond donors (Lipinski definition) is 1. The second kappa shape index (κ2) is 11.1. The largest absolute Gasteiger partial charge is 0.505 e. The summed E-state index contributed by atoms with van der Waals surface area (Å²) in [6, 6.07) is 44.7. The first kappa shape index (κ1) is 28.5. The lowest BCUT2D eigenvalue weighted by Crippen LogP contribution is -2.12. The van der Waals surface area contributed by atoms with Gasteiger partial charge in [0.05, 0.1) is 11.0 Å². The lowest BCUT2D eigenvalue weighted by Gasteiger charge is -2.20. The molecule has 3 heterocycles. The zero-order valence-corrected chi connectivity index (χ0v) is 26.5. The maximum Gasteiger partial charge on any atom is 0.227 e. The van der Waals surface area contributed by atoms with Crippen molar-refractivity contribution < 1.29 is 9.84 Å². The molecule has 0 amide bonds. The third-order valence-corrected chi connectivity index (χ3v) is 8.80. The van der Waals surface area contributed by atoms with Gasteiger partial charge in [0.1, 0.15) is 22.8 Å². The highest BCUT2D eigenvalue weighted by Crippen LogP contribution is 2.42. The van der Waals surface area contributed by atoms with Crippen molar-refractivity contribution in [1.29, 1.82) is 0 Å². The number of benzene rings is 5. The van der Waals surface area contributed by atoms with Gasteiger partial charge in [0.2, 0.25) is 5.88 Å². The summed E-state index contributed by atoms with van der Waals surface area (Å²) in [6.45, 7) is 6.64. The van der Waals surface area contributed by atoms with Crippen molar-refractivity contribution in [2.75, 3.05) is 0 Å². The Labute approximate surface area is 273 Å². The second-order valence-electron chi connectivity index (χ2n) is 12.9. The van der Waals surface area contributed by atoms with Gasteiger partial charge in [-0.3, -0.25) is 4.57 Å². The molecule has 0 aliphatic heterocycles. The molecule has 228 valence electrons. The number of para-hydroxylation sites is 1. The number of hydrogen-bond acceptors (Lipinski definition) is 4. The molecule has 8 aromatic rings. The molecule has 0 bridgehead atoms. The quantitative estimate of drug-likeness (QED) is 0.210. The summed E-state index contributed by atoms with van der Waals surface area (Å²) >= 11 is 0. The molecule has 0 spiro atoms. The standard InChI is InChI=1S/C42H33N3O2/c1-42(2,3)30-22-23-43-38(25-30)45-36-17-11-10-16-33(36)34-21-19-31(26-37(34)45)47-41-35(28-14-8-5-9-15-28)24-29-18-20-32(40(46)39(29)44-41)27-12-6-4-7-13-27/h4-26,46H,1-3H3. The molecule has 1 N–H and O–H groups in total. The van der Waals surface area contributed by atoms with E-state index in [4.69, 9.17) is 14.7 Å². The van der Waals surface area contributed by atoms with E-state index in [0.717, 1.165) is 55.3 Å². The third-order valence-electron chi connectivity index (χ3n) is 8.80. The fraction of sp³-hybridized carbons (Fsp3) is 0.0952. The summed E-state index contributed by atoms with van der Waals surface area (Å²) in [6.07, 6.45) is 1.89. The van der Waals surface area contributed by atoms with Crippen LogP contribution < -0.4 is 4.74 Å². The number of rotatable bonds is 5. The summed E-state index contributed by atoms with van der Waals surface area (Å²) in [5, 5.41) is 14.6. The minimum Gasteiger partial charge on any atom is -0.505 e. The minimum absolute atomic E-state index is 0.0216. The lowest BCUT2D eigenvalue weighted by molar-refractivity contribution is 0.462. The molecule has 0 radical (unpaired) electrons.